The molecule has 0 radical (unpaired) electrons. The van der Waals surface area contributed by atoms with Gasteiger partial charge >= 0.3 is 12.1 Å². The highest BCUT2D eigenvalue weighted by molar-refractivity contribution is 5.92. The molecule has 4 amide bonds. The van der Waals surface area contributed by atoms with Crippen LogP contribution in [0.1, 0.15) is 5.56 Å². The van der Waals surface area contributed by atoms with Gasteiger partial charge < -0.3 is 10.6 Å². The summed E-state index contributed by atoms with van der Waals surface area (Å²) in [4.78, 5) is 23.2. The maximum atomic E-state index is 11.3. The molecular formula is C11H15N3O2. The van der Waals surface area contributed by atoms with Crippen molar-refractivity contribution in [2.24, 2.45) is 5.73 Å². The zero-order valence-corrected chi connectivity index (χ0v) is 9.14. The van der Waals surface area contributed by atoms with Crippen LogP contribution in [0.3, 0.4) is 0 Å². The lowest BCUT2D eigenvalue weighted by atomic mass is 10.1. The predicted octanol–water partition coefficient (Wildman–Crippen LogP) is 0.949. The SMILES string of the molecule is CN(CCc1ccccc1)C(=O)NC(N)=O. The Bertz CT molecular complexity index is 365. The Balaban J connectivity index is 2.38. The zero-order chi connectivity index (χ0) is 12.0. The van der Waals surface area contributed by atoms with E-state index in [1.54, 1.807) is 7.05 Å². The van der Waals surface area contributed by atoms with Gasteiger partial charge in [0.25, 0.3) is 0 Å². The maximum absolute atomic E-state index is 11.3. The van der Waals surface area contributed by atoms with Crippen molar-refractivity contribution in [3.63, 3.8) is 0 Å². The smallest absolute Gasteiger partial charge is 0.325 e. The predicted molar refractivity (Wildman–Crippen MR) is 60.9 cm³/mol. The number of imide groups is 1. The van der Waals surface area contributed by atoms with Crippen molar-refractivity contribution in [2.45, 2.75) is 6.42 Å². The first-order chi connectivity index (χ1) is 7.59. The average Bonchev–Trinajstić information content (AvgIpc) is 2.26. The monoisotopic (exact) mass is 221 g/mol. The fourth-order valence-electron chi connectivity index (χ4n) is 1.24. The van der Waals surface area contributed by atoms with Crippen molar-refractivity contribution in [1.29, 1.82) is 0 Å². The van der Waals surface area contributed by atoms with Gasteiger partial charge in [0.1, 0.15) is 0 Å². The second kappa shape index (κ2) is 5.75. The molecule has 0 heterocycles. The van der Waals surface area contributed by atoms with Gasteiger partial charge in [-0.3, -0.25) is 5.32 Å². The summed E-state index contributed by atoms with van der Waals surface area (Å²) in [5.41, 5.74) is 5.98. The molecule has 0 fully saturated rings. The van der Waals surface area contributed by atoms with E-state index in [1.807, 2.05) is 35.6 Å². The van der Waals surface area contributed by atoms with Gasteiger partial charge in [-0.1, -0.05) is 30.3 Å². The van der Waals surface area contributed by atoms with Gasteiger partial charge in [0.2, 0.25) is 0 Å². The lowest BCUT2D eigenvalue weighted by Gasteiger charge is -2.16. The number of hydrogen-bond acceptors (Lipinski definition) is 2. The van der Waals surface area contributed by atoms with Crippen molar-refractivity contribution in [2.75, 3.05) is 13.6 Å². The van der Waals surface area contributed by atoms with E-state index in [9.17, 15) is 9.59 Å². The van der Waals surface area contributed by atoms with Gasteiger partial charge in [0.05, 0.1) is 0 Å². The zero-order valence-electron chi connectivity index (χ0n) is 9.14. The Kier molecular flexibility index (Phi) is 4.32. The number of amides is 4. The summed E-state index contributed by atoms with van der Waals surface area (Å²) in [6.07, 6.45) is 0.740. The second-order valence-corrected chi connectivity index (χ2v) is 3.45. The number of urea groups is 2. The number of rotatable bonds is 3. The molecule has 5 nitrogen and oxygen atoms in total. The third-order valence-electron chi connectivity index (χ3n) is 2.16. The van der Waals surface area contributed by atoms with E-state index in [0.717, 1.165) is 12.0 Å². The quantitative estimate of drug-likeness (QED) is 0.797. The van der Waals surface area contributed by atoms with E-state index in [0.29, 0.717) is 6.54 Å². The largest absolute Gasteiger partial charge is 0.351 e. The van der Waals surface area contributed by atoms with Gasteiger partial charge in [-0.15, -0.1) is 0 Å². The number of carbonyl (C=O) groups is 2. The van der Waals surface area contributed by atoms with Crippen LogP contribution in [0.15, 0.2) is 30.3 Å². The molecule has 0 saturated carbocycles. The fourth-order valence-corrected chi connectivity index (χ4v) is 1.24. The number of carbonyl (C=O) groups excluding carboxylic acids is 2. The lowest BCUT2D eigenvalue weighted by molar-refractivity contribution is 0.206. The Morgan fingerprint density at radius 1 is 1.31 bits per heavy atom. The fraction of sp³-hybridized carbons (Fsp3) is 0.273. The van der Waals surface area contributed by atoms with Crippen LogP contribution in [0, 0.1) is 0 Å². The number of nitrogens with zero attached hydrogens (tertiary/aromatic N) is 1. The minimum Gasteiger partial charge on any atom is -0.351 e. The van der Waals surface area contributed by atoms with Gasteiger partial charge in [0, 0.05) is 13.6 Å². The van der Waals surface area contributed by atoms with Crippen LogP contribution in [0.25, 0.3) is 0 Å². The summed E-state index contributed by atoms with van der Waals surface area (Å²) >= 11 is 0. The highest BCUT2D eigenvalue weighted by Crippen LogP contribution is 2.00. The summed E-state index contributed by atoms with van der Waals surface area (Å²) in [6, 6.07) is 8.48. The standard InChI is InChI=1S/C11H15N3O2/c1-14(11(16)13-10(12)15)8-7-9-5-3-2-4-6-9/h2-6H,7-8H2,1H3,(H3,12,13,15,16). The Morgan fingerprint density at radius 2 is 1.94 bits per heavy atom. The molecule has 1 aromatic rings. The van der Waals surface area contributed by atoms with Crippen molar-refractivity contribution < 1.29 is 9.59 Å². The number of likely N-dealkylation sites (N-methyl/N-ethyl adjacent to an activating group) is 1. The highest BCUT2D eigenvalue weighted by atomic mass is 16.2. The van der Waals surface area contributed by atoms with Gasteiger partial charge in [-0.2, -0.15) is 0 Å². The van der Waals surface area contributed by atoms with Crippen LogP contribution >= 0.6 is 0 Å². The molecule has 16 heavy (non-hydrogen) atoms. The van der Waals surface area contributed by atoms with E-state index in [-0.39, 0.29) is 0 Å². The molecule has 86 valence electrons. The van der Waals surface area contributed by atoms with Crippen LogP contribution in [-0.2, 0) is 6.42 Å². The average molecular weight is 221 g/mol. The minimum absolute atomic E-state index is 0.483. The second-order valence-electron chi connectivity index (χ2n) is 3.45. The lowest BCUT2D eigenvalue weighted by Crippen LogP contribution is -2.43. The van der Waals surface area contributed by atoms with Crippen molar-refractivity contribution in [3.8, 4) is 0 Å². The van der Waals surface area contributed by atoms with Crippen molar-refractivity contribution >= 4 is 12.1 Å². The molecule has 3 N–H and O–H groups in total. The van der Waals surface area contributed by atoms with Gasteiger partial charge in [-0.05, 0) is 12.0 Å². The van der Waals surface area contributed by atoms with Crippen LogP contribution in [0.4, 0.5) is 9.59 Å². The number of nitrogens with one attached hydrogen (secondary N) is 1. The van der Waals surface area contributed by atoms with Gasteiger partial charge in [-0.25, -0.2) is 9.59 Å². The summed E-state index contributed by atoms with van der Waals surface area (Å²) in [6.45, 7) is 0.531. The first-order valence-corrected chi connectivity index (χ1v) is 4.95. The first kappa shape index (κ1) is 12.0. The molecule has 0 saturated heterocycles. The van der Waals surface area contributed by atoms with Crippen LogP contribution in [-0.4, -0.2) is 30.6 Å². The van der Waals surface area contributed by atoms with E-state index < -0.39 is 12.1 Å². The Morgan fingerprint density at radius 3 is 2.50 bits per heavy atom. The molecule has 0 aliphatic rings. The van der Waals surface area contributed by atoms with Crippen LogP contribution in [0.2, 0.25) is 0 Å². The molecule has 1 rings (SSSR count). The molecular weight excluding hydrogens is 206 g/mol. The molecule has 0 spiro atoms. The van der Waals surface area contributed by atoms with E-state index in [2.05, 4.69) is 0 Å². The molecule has 1 aromatic carbocycles. The van der Waals surface area contributed by atoms with Crippen LogP contribution < -0.4 is 11.1 Å². The summed E-state index contributed by atoms with van der Waals surface area (Å²) < 4.78 is 0. The third-order valence-corrected chi connectivity index (χ3v) is 2.16. The number of hydrogen-bond donors (Lipinski definition) is 2. The summed E-state index contributed by atoms with van der Waals surface area (Å²) in [5, 5.41) is 2.00. The first-order valence-electron chi connectivity index (χ1n) is 4.95. The maximum Gasteiger partial charge on any atom is 0.325 e. The van der Waals surface area contributed by atoms with Crippen molar-refractivity contribution in [1.82, 2.24) is 10.2 Å². The normalized spacial score (nSPS) is 9.56. The van der Waals surface area contributed by atoms with Gasteiger partial charge in [0.15, 0.2) is 0 Å². The van der Waals surface area contributed by atoms with E-state index >= 15 is 0 Å². The number of primary amides is 1. The molecule has 0 aliphatic heterocycles. The van der Waals surface area contributed by atoms with E-state index in [4.69, 9.17) is 5.73 Å². The highest BCUT2D eigenvalue weighted by Gasteiger charge is 2.09. The Labute approximate surface area is 94.2 Å². The Hall–Kier alpha value is -2.04. The topological polar surface area (TPSA) is 75.4 Å². The van der Waals surface area contributed by atoms with E-state index in [1.165, 1.54) is 4.90 Å². The number of nitrogens with two attached hydrogens (primary N) is 1. The third kappa shape index (κ3) is 4.00. The molecule has 0 unspecified atom stereocenters. The molecule has 0 bridgehead atoms. The summed E-state index contributed by atoms with van der Waals surface area (Å²) in [5.74, 6) is 0. The molecule has 0 atom stereocenters. The molecule has 5 heteroatoms. The molecule has 0 aliphatic carbocycles. The summed E-state index contributed by atoms with van der Waals surface area (Å²) in [7, 11) is 1.61. The molecule has 0 aromatic heterocycles. The van der Waals surface area contributed by atoms with Crippen molar-refractivity contribution in [3.05, 3.63) is 35.9 Å². The van der Waals surface area contributed by atoms with Crippen LogP contribution in [0.5, 0.6) is 0 Å². The minimum atomic E-state index is -0.837. The number of benzene rings is 1.